The molecule has 9 heteroatoms. The van der Waals surface area contributed by atoms with E-state index < -0.39 is 17.1 Å². The zero-order valence-corrected chi connectivity index (χ0v) is 25.0. The molecule has 2 aliphatic rings. The van der Waals surface area contributed by atoms with Crippen molar-refractivity contribution in [3.63, 3.8) is 0 Å². The summed E-state index contributed by atoms with van der Waals surface area (Å²) in [5.41, 5.74) is 3.48. The van der Waals surface area contributed by atoms with E-state index in [1.54, 1.807) is 11.8 Å². The molecular weight excluding hydrogens is 534 g/mol. The van der Waals surface area contributed by atoms with Crippen LogP contribution in [0.1, 0.15) is 63.8 Å². The van der Waals surface area contributed by atoms with E-state index >= 15 is 0 Å². The fourth-order valence-electron chi connectivity index (χ4n) is 5.69. The van der Waals surface area contributed by atoms with Gasteiger partial charge in [-0.2, -0.15) is 0 Å². The molecule has 0 N–H and O–H groups in total. The molecule has 3 heterocycles. The van der Waals surface area contributed by atoms with E-state index in [2.05, 4.69) is 22.3 Å². The molecule has 0 aliphatic carbocycles. The van der Waals surface area contributed by atoms with Gasteiger partial charge in [0.2, 0.25) is 0 Å². The quantitative estimate of drug-likeness (QED) is 0.296. The maximum atomic E-state index is 12.8. The molecule has 9 nitrogen and oxygen atoms in total. The molecule has 0 spiro atoms. The summed E-state index contributed by atoms with van der Waals surface area (Å²) in [6.45, 7) is 10.8. The number of esters is 1. The highest BCUT2D eigenvalue weighted by molar-refractivity contribution is 6.01. The average Bonchev–Trinajstić information content (AvgIpc) is 3.60. The number of nitrogens with zero attached hydrogens (tertiary/aromatic N) is 3. The number of amides is 1. The summed E-state index contributed by atoms with van der Waals surface area (Å²) >= 11 is 0. The van der Waals surface area contributed by atoms with Gasteiger partial charge in [-0.3, -0.25) is 9.78 Å². The topological polar surface area (TPSA) is 99.5 Å². The molecule has 3 aromatic rings. The number of rotatable bonds is 8. The summed E-state index contributed by atoms with van der Waals surface area (Å²) in [5, 5.41) is 5.49. The molecular formula is C33H39N3O6. The number of oxime groups is 1. The zero-order chi connectivity index (χ0) is 29.9. The lowest BCUT2D eigenvalue weighted by Crippen LogP contribution is -2.43. The van der Waals surface area contributed by atoms with Gasteiger partial charge in [-0.1, -0.05) is 23.4 Å². The molecule has 0 bridgehead atoms. The Kier molecular flexibility index (Phi) is 8.38. The minimum Gasteiger partial charge on any atom is -0.489 e. The number of fused-ring (bicyclic) bond motifs is 1. The van der Waals surface area contributed by atoms with Crippen LogP contribution in [0.2, 0.25) is 0 Å². The second-order valence-corrected chi connectivity index (χ2v) is 12.1. The highest BCUT2D eigenvalue weighted by atomic mass is 16.6. The first-order valence-corrected chi connectivity index (χ1v) is 14.5. The van der Waals surface area contributed by atoms with Gasteiger partial charge in [-0.15, -0.1) is 0 Å². The Morgan fingerprint density at radius 3 is 2.62 bits per heavy atom. The Balaban J connectivity index is 1.25. The van der Waals surface area contributed by atoms with Crippen LogP contribution in [0, 0.1) is 12.3 Å². The van der Waals surface area contributed by atoms with Gasteiger partial charge in [0.05, 0.1) is 24.3 Å². The molecule has 1 saturated heterocycles. The third-order valence-corrected chi connectivity index (χ3v) is 7.70. The molecule has 2 aliphatic heterocycles. The van der Waals surface area contributed by atoms with Crippen LogP contribution in [-0.4, -0.2) is 59.1 Å². The van der Waals surface area contributed by atoms with E-state index in [1.165, 1.54) is 0 Å². The van der Waals surface area contributed by atoms with Crippen LogP contribution < -0.4 is 4.74 Å². The van der Waals surface area contributed by atoms with Gasteiger partial charge in [-0.25, -0.2) is 4.79 Å². The van der Waals surface area contributed by atoms with E-state index in [0.717, 1.165) is 39.2 Å². The first kappa shape index (κ1) is 29.4. The number of likely N-dealkylation sites (tertiary alicyclic amines) is 1. The third-order valence-electron chi connectivity index (χ3n) is 7.70. The van der Waals surface area contributed by atoms with Gasteiger partial charge < -0.3 is 23.9 Å². The van der Waals surface area contributed by atoms with Gasteiger partial charge in [0.1, 0.15) is 24.1 Å². The van der Waals surface area contributed by atoms with Gasteiger partial charge in [-0.05, 0) is 83.0 Å². The second kappa shape index (κ2) is 12.0. The van der Waals surface area contributed by atoms with Crippen molar-refractivity contribution in [2.45, 2.75) is 72.2 Å². The Morgan fingerprint density at radius 1 is 1.12 bits per heavy atom. The first-order valence-electron chi connectivity index (χ1n) is 14.5. The number of hydrogen-bond acceptors (Lipinski definition) is 8. The van der Waals surface area contributed by atoms with E-state index in [-0.39, 0.29) is 18.5 Å². The van der Waals surface area contributed by atoms with Crippen molar-refractivity contribution in [3.05, 3.63) is 71.4 Å². The van der Waals surface area contributed by atoms with Crippen LogP contribution in [0.25, 0.3) is 10.9 Å². The maximum absolute atomic E-state index is 12.8. The van der Waals surface area contributed by atoms with Crippen LogP contribution in [0.5, 0.6) is 5.75 Å². The number of carbonyl (C=O) groups is 2. The Hall–Kier alpha value is -4.14. The smallest absolute Gasteiger partial charge is 0.410 e. The van der Waals surface area contributed by atoms with E-state index in [4.69, 9.17) is 19.0 Å². The standard InChI is InChI=1S/C33H39N3O6/c1-6-39-30(37)19-33(15-16-36(21-33)31(38)41-32(3,4)5)29-18-28(35-42-29)23-11-13-25(14-12-23)40-20-24-17-22(2)34-27-10-8-7-9-26(24)27/h7-14,17,29H,6,15-16,18-21H2,1-5H3. The summed E-state index contributed by atoms with van der Waals surface area (Å²) in [4.78, 5) is 37.7. The van der Waals surface area contributed by atoms with Crippen molar-refractivity contribution in [1.82, 2.24) is 9.88 Å². The third kappa shape index (κ3) is 6.66. The molecule has 5 rings (SSSR count). The van der Waals surface area contributed by atoms with E-state index in [1.807, 2.05) is 70.2 Å². The lowest BCUT2D eigenvalue weighted by atomic mass is 9.76. The summed E-state index contributed by atoms with van der Waals surface area (Å²) in [5.74, 6) is 0.440. The fraction of sp³-hybridized carbons (Fsp3) is 0.455. The number of hydrogen-bond donors (Lipinski definition) is 0. The van der Waals surface area contributed by atoms with Gasteiger partial charge in [0, 0.05) is 41.6 Å². The monoisotopic (exact) mass is 573 g/mol. The minimum absolute atomic E-state index is 0.142. The minimum atomic E-state index is -0.622. The molecule has 2 aromatic carbocycles. The number of benzene rings is 2. The lowest BCUT2D eigenvalue weighted by Gasteiger charge is -2.33. The van der Waals surface area contributed by atoms with Crippen LogP contribution >= 0.6 is 0 Å². The Bertz CT molecular complexity index is 1480. The van der Waals surface area contributed by atoms with E-state index in [0.29, 0.717) is 39.1 Å². The van der Waals surface area contributed by atoms with Crippen molar-refractivity contribution in [2.24, 2.45) is 10.6 Å². The number of ether oxygens (including phenoxy) is 3. The summed E-state index contributed by atoms with van der Waals surface area (Å²) in [6.07, 6.45) is 0.489. The summed E-state index contributed by atoms with van der Waals surface area (Å²) in [6, 6.07) is 17.9. The Labute approximate surface area is 246 Å². The molecule has 1 amide bonds. The highest BCUT2D eigenvalue weighted by Crippen LogP contribution is 2.43. The molecule has 1 aromatic heterocycles. The summed E-state index contributed by atoms with van der Waals surface area (Å²) in [7, 11) is 0. The highest BCUT2D eigenvalue weighted by Gasteiger charge is 2.51. The number of pyridine rings is 1. The first-order chi connectivity index (χ1) is 20.0. The van der Waals surface area contributed by atoms with Crippen molar-refractivity contribution in [1.29, 1.82) is 0 Å². The maximum Gasteiger partial charge on any atom is 0.410 e. The number of aromatic nitrogens is 1. The van der Waals surface area contributed by atoms with Gasteiger partial charge in [0.25, 0.3) is 0 Å². The summed E-state index contributed by atoms with van der Waals surface area (Å²) < 4.78 is 17.0. The average molecular weight is 574 g/mol. The number of carbonyl (C=O) groups excluding carboxylic acids is 2. The number of aryl methyl sites for hydroxylation is 1. The molecule has 222 valence electrons. The molecule has 2 unspecified atom stereocenters. The Morgan fingerprint density at radius 2 is 1.88 bits per heavy atom. The molecule has 0 radical (unpaired) electrons. The molecule has 1 fully saturated rings. The molecule has 42 heavy (non-hydrogen) atoms. The fourth-order valence-corrected chi connectivity index (χ4v) is 5.69. The SMILES string of the molecule is CCOC(=O)CC1(C2CC(c3ccc(OCc4cc(C)nc5ccccc45)cc3)=NO2)CCN(C(=O)OC(C)(C)C)C1. The largest absolute Gasteiger partial charge is 0.489 e. The predicted molar refractivity (Wildman–Crippen MR) is 159 cm³/mol. The van der Waals surface area contributed by atoms with Crippen molar-refractivity contribution >= 4 is 28.7 Å². The lowest BCUT2D eigenvalue weighted by molar-refractivity contribution is -0.148. The number of para-hydroxylation sites is 1. The van der Waals surface area contributed by atoms with Gasteiger partial charge in [0.15, 0.2) is 0 Å². The normalized spacial score (nSPS) is 20.3. The van der Waals surface area contributed by atoms with Crippen LogP contribution in [-0.2, 0) is 25.7 Å². The van der Waals surface area contributed by atoms with Crippen LogP contribution in [0.15, 0.2) is 59.8 Å². The predicted octanol–water partition coefficient (Wildman–Crippen LogP) is 6.20. The van der Waals surface area contributed by atoms with E-state index in [9.17, 15) is 9.59 Å². The van der Waals surface area contributed by atoms with Crippen LogP contribution in [0.3, 0.4) is 0 Å². The van der Waals surface area contributed by atoms with Crippen molar-refractivity contribution in [3.8, 4) is 5.75 Å². The van der Waals surface area contributed by atoms with Crippen LogP contribution in [0.4, 0.5) is 4.79 Å². The van der Waals surface area contributed by atoms with Crippen molar-refractivity contribution in [2.75, 3.05) is 19.7 Å². The molecule has 2 atom stereocenters. The zero-order valence-electron chi connectivity index (χ0n) is 25.0. The van der Waals surface area contributed by atoms with Gasteiger partial charge >= 0.3 is 12.1 Å². The van der Waals surface area contributed by atoms with Crippen molar-refractivity contribution < 1.29 is 28.6 Å². The molecule has 0 saturated carbocycles. The second-order valence-electron chi connectivity index (χ2n) is 12.1.